The summed E-state index contributed by atoms with van der Waals surface area (Å²) in [6.45, 7) is 1.96. The van der Waals surface area contributed by atoms with E-state index in [0.29, 0.717) is 0 Å². The van der Waals surface area contributed by atoms with Crippen LogP contribution in [0.2, 0.25) is 5.02 Å². The summed E-state index contributed by atoms with van der Waals surface area (Å²) in [6, 6.07) is 4.03. The lowest BCUT2D eigenvalue weighted by Gasteiger charge is -2.04. The van der Waals surface area contributed by atoms with Crippen LogP contribution in [0.3, 0.4) is 0 Å². The number of fused-ring (bicyclic) bond motifs is 1. The summed E-state index contributed by atoms with van der Waals surface area (Å²) in [6.07, 6.45) is 1.80. The molecular weight excluding hydrogens is 376 g/mol. The first kappa shape index (κ1) is 10.6. The van der Waals surface area contributed by atoms with E-state index in [9.17, 15) is 0 Å². The van der Waals surface area contributed by atoms with E-state index < -0.39 is 0 Å². The van der Waals surface area contributed by atoms with Crippen LogP contribution in [-0.2, 0) is 0 Å². The molecule has 0 N–H and O–H groups in total. The monoisotopic (exact) mass is 381 g/mol. The van der Waals surface area contributed by atoms with Crippen molar-refractivity contribution in [3.63, 3.8) is 0 Å². The molecule has 1 nitrogen and oxygen atoms in total. The summed E-state index contributed by atoms with van der Waals surface area (Å²) in [4.78, 5) is 4.33. The van der Waals surface area contributed by atoms with Crippen LogP contribution >= 0.6 is 50.1 Å². The van der Waals surface area contributed by atoms with Crippen molar-refractivity contribution < 1.29 is 0 Å². The average molecular weight is 382 g/mol. The second-order valence-electron chi connectivity index (χ2n) is 3.04. The van der Waals surface area contributed by atoms with Crippen LogP contribution in [0.4, 0.5) is 0 Å². The minimum Gasteiger partial charge on any atom is -0.256 e. The molecular formula is C10H6BrClIN. The molecule has 0 spiro atoms. The molecule has 72 valence electrons. The highest BCUT2D eigenvalue weighted by atomic mass is 127. The molecule has 1 heterocycles. The van der Waals surface area contributed by atoms with E-state index in [0.717, 1.165) is 29.5 Å². The standard InChI is InChI=1S/C10H6BrClIN/c1-5-4-14-9-3-7(11)8(13)2-6(9)10(5)12/h2-4H,1H3. The number of hydrogen-bond acceptors (Lipinski definition) is 1. The van der Waals surface area contributed by atoms with Crippen LogP contribution in [0, 0.1) is 10.5 Å². The molecule has 0 bridgehead atoms. The summed E-state index contributed by atoms with van der Waals surface area (Å²) in [7, 11) is 0. The van der Waals surface area contributed by atoms with E-state index in [1.807, 2.05) is 19.1 Å². The maximum absolute atomic E-state index is 6.19. The Morgan fingerprint density at radius 3 is 2.86 bits per heavy atom. The van der Waals surface area contributed by atoms with Gasteiger partial charge in [0.25, 0.3) is 0 Å². The summed E-state index contributed by atoms with van der Waals surface area (Å²) in [5, 5.41) is 1.81. The molecule has 4 heteroatoms. The number of benzene rings is 1. The van der Waals surface area contributed by atoms with E-state index in [4.69, 9.17) is 11.6 Å². The second kappa shape index (κ2) is 3.94. The van der Waals surface area contributed by atoms with Crippen molar-refractivity contribution in [2.24, 2.45) is 0 Å². The van der Waals surface area contributed by atoms with Crippen LogP contribution in [0.15, 0.2) is 22.8 Å². The Kier molecular flexibility index (Phi) is 3.00. The molecule has 2 rings (SSSR count). The predicted octanol–water partition coefficient (Wildman–Crippen LogP) is 4.56. The first-order valence-electron chi connectivity index (χ1n) is 3.99. The van der Waals surface area contributed by atoms with Crippen molar-refractivity contribution in [1.29, 1.82) is 0 Å². The maximum atomic E-state index is 6.19. The first-order valence-corrected chi connectivity index (χ1v) is 6.24. The van der Waals surface area contributed by atoms with Gasteiger partial charge >= 0.3 is 0 Å². The Balaban J connectivity index is 2.89. The smallest absolute Gasteiger partial charge is 0.0729 e. The molecule has 2 aromatic rings. The molecule has 0 unspecified atom stereocenters. The second-order valence-corrected chi connectivity index (χ2v) is 5.43. The van der Waals surface area contributed by atoms with Crippen molar-refractivity contribution in [2.75, 3.05) is 0 Å². The zero-order valence-corrected chi connectivity index (χ0v) is 11.8. The summed E-state index contributed by atoms with van der Waals surface area (Å²) >= 11 is 11.9. The highest BCUT2D eigenvalue weighted by molar-refractivity contribution is 14.1. The quantitative estimate of drug-likeness (QED) is 0.609. The predicted molar refractivity (Wildman–Crippen MR) is 71.9 cm³/mol. The number of aryl methyl sites for hydroxylation is 1. The van der Waals surface area contributed by atoms with E-state index in [2.05, 4.69) is 43.5 Å². The Morgan fingerprint density at radius 1 is 1.43 bits per heavy atom. The highest BCUT2D eigenvalue weighted by Crippen LogP contribution is 2.30. The third-order valence-corrected chi connectivity index (χ3v) is 4.81. The maximum Gasteiger partial charge on any atom is 0.0729 e. The fourth-order valence-electron chi connectivity index (χ4n) is 1.25. The number of rotatable bonds is 0. The Bertz CT molecular complexity index is 513. The summed E-state index contributed by atoms with van der Waals surface area (Å²) < 4.78 is 2.20. The van der Waals surface area contributed by atoms with Gasteiger partial charge in [0.1, 0.15) is 0 Å². The van der Waals surface area contributed by atoms with Gasteiger partial charge in [-0.05, 0) is 63.1 Å². The van der Waals surface area contributed by atoms with Crippen LogP contribution in [0.5, 0.6) is 0 Å². The topological polar surface area (TPSA) is 12.9 Å². The van der Waals surface area contributed by atoms with Gasteiger partial charge < -0.3 is 0 Å². The van der Waals surface area contributed by atoms with E-state index in [1.54, 1.807) is 6.20 Å². The fraction of sp³-hybridized carbons (Fsp3) is 0.100. The Labute approximate surface area is 109 Å². The zero-order valence-electron chi connectivity index (χ0n) is 7.31. The first-order chi connectivity index (χ1) is 6.59. The lowest BCUT2D eigenvalue weighted by molar-refractivity contribution is 1.33. The van der Waals surface area contributed by atoms with Crippen molar-refractivity contribution in [3.8, 4) is 0 Å². The summed E-state index contributed by atoms with van der Waals surface area (Å²) in [5.41, 5.74) is 1.94. The van der Waals surface area contributed by atoms with Crippen molar-refractivity contribution in [3.05, 3.63) is 37.0 Å². The molecule has 0 saturated carbocycles. The molecule has 14 heavy (non-hydrogen) atoms. The average Bonchev–Trinajstić information content (AvgIpc) is 2.15. The minimum absolute atomic E-state index is 0.792. The molecule has 0 aliphatic heterocycles. The van der Waals surface area contributed by atoms with Gasteiger partial charge in [-0.15, -0.1) is 0 Å². The van der Waals surface area contributed by atoms with Gasteiger partial charge in [0.05, 0.1) is 10.5 Å². The van der Waals surface area contributed by atoms with Crippen molar-refractivity contribution >= 4 is 61.0 Å². The number of pyridine rings is 1. The highest BCUT2D eigenvalue weighted by Gasteiger charge is 2.06. The van der Waals surface area contributed by atoms with Gasteiger partial charge in [-0.2, -0.15) is 0 Å². The molecule has 0 saturated heterocycles. The van der Waals surface area contributed by atoms with Crippen molar-refractivity contribution in [1.82, 2.24) is 4.98 Å². The van der Waals surface area contributed by atoms with Crippen LogP contribution in [0.1, 0.15) is 5.56 Å². The van der Waals surface area contributed by atoms with Gasteiger partial charge in [-0.3, -0.25) is 4.98 Å². The molecule has 0 atom stereocenters. The van der Waals surface area contributed by atoms with Crippen LogP contribution in [0.25, 0.3) is 10.9 Å². The molecule has 0 aliphatic rings. The molecule has 1 aromatic carbocycles. The van der Waals surface area contributed by atoms with Gasteiger partial charge in [0, 0.05) is 19.6 Å². The fourth-order valence-corrected chi connectivity index (χ4v) is 2.25. The Morgan fingerprint density at radius 2 is 2.14 bits per heavy atom. The Hall–Kier alpha value is 0.130. The van der Waals surface area contributed by atoms with Gasteiger partial charge in [-0.25, -0.2) is 0 Å². The molecule has 0 radical (unpaired) electrons. The number of halogens is 3. The normalized spacial score (nSPS) is 10.9. The largest absolute Gasteiger partial charge is 0.256 e. The number of nitrogens with zero attached hydrogens (tertiary/aromatic N) is 1. The molecule has 0 fully saturated rings. The lowest BCUT2D eigenvalue weighted by Crippen LogP contribution is -1.86. The summed E-state index contributed by atoms with van der Waals surface area (Å²) in [5.74, 6) is 0. The third-order valence-electron chi connectivity index (χ3n) is 2.02. The van der Waals surface area contributed by atoms with Crippen LogP contribution < -0.4 is 0 Å². The number of aromatic nitrogens is 1. The van der Waals surface area contributed by atoms with Crippen LogP contribution in [-0.4, -0.2) is 4.98 Å². The third kappa shape index (κ3) is 1.77. The molecule has 0 aliphatic carbocycles. The van der Waals surface area contributed by atoms with E-state index in [-0.39, 0.29) is 0 Å². The van der Waals surface area contributed by atoms with Gasteiger partial charge in [0.15, 0.2) is 0 Å². The minimum atomic E-state index is 0.792. The zero-order chi connectivity index (χ0) is 10.3. The van der Waals surface area contributed by atoms with E-state index in [1.165, 1.54) is 0 Å². The molecule has 1 aromatic heterocycles. The van der Waals surface area contributed by atoms with E-state index >= 15 is 0 Å². The lowest BCUT2D eigenvalue weighted by atomic mass is 10.2. The van der Waals surface area contributed by atoms with Gasteiger partial charge in [0.2, 0.25) is 0 Å². The molecule has 0 amide bonds. The van der Waals surface area contributed by atoms with Crippen molar-refractivity contribution in [2.45, 2.75) is 6.92 Å². The SMILES string of the molecule is Cc1cnc2cc(Br)c(I)cc2c1Cl. The van der Waals surface area contributed by atoms with Gasteiger partial charge in [-0.1, -0.05) is 11.6 Å². The number of hydrogen-bond donors (Lipinski definition) is 0.